The van der Waals surface area contributed by atoms with Crippen LogP contribution in [0.15, 0.2) is 14.6 Å². The van der Waals surface area contributed by atoms with Crippen molar-refractivity contribution in [2.75, 3.05) is 31.7 Å². The van der Waals surface area contributed by atoms with Gasteiger partial charge in [-0.15, -0.1) is 0 Å². The van der Waals surface area contributed by atoms with E-state index in [1.54, 1.807) is 0 Å². The van der Waals surface area contributed by atoms with E-state index in [1.165, 1.54) is 11.8 Å². The molecule has 0 amide bonds. The van der Waals surface area contributed by atoms with Crippen molar-refractivity contribution in [2.45, 2.75) is 5.03 Å². The summed E-state index contributed by atoms with van der Waals surface area (Å²) >= 11 is 1.23. The quantitative estimate of drug-likeness (QED) is 0.152. The Labute approximate surface area is 131 Å². The summed E-state index contributed by atoms with van der Waals surface area (Å²) in [6, 6.07) is 0. The molecule has 0 fully saturated rings. The number of aliphatic hydroxyl groups is 1. The van der Waals surface area contributed by atoms with E-state index in [0.29, 0.717) is 17.3 Å². The van der Waals surface area contributed by atoms with Crippen molar-refractivity contribution in [3.05, 3.63) is 5.69 Å². The van der Waals surface area contributed by atoms with Gasteiger partial charge >= 0.3 is 0 Å². The second-order valence-corrected chi connectivity index (χ2v) is 6.77. The minimum Gasteiger partial charge on any atom is -0.394 e. The van der Waals surface area contributed by atoms with Gasteiger partial charge in [0.15, 0.2) is 10.7 Å². The predicted octanol–water partition coefficient (Wildman–Crippen LogP) is -2.07. The van der Waals surface area contributed by atoms with Crippen LogP contribution in [-0.2, 0) is 10.0 Å². The molecule has 6 N–H and O–H groups in total. The highest BCUT2D eigenvalue weighted by atomic mass is 32.2. The molecule has 1 rings (SSSR count). The molecule has 0 aromatic carbocycles. The van der Waals surface area contributed by atoms with E-state index in [1.807, 2.05) is 0 Å². The van der Waals surface area contributed by atoms with E-state index in [2.05, 4.69) is 30.0 Å². The number of rotatable bonds is 8. The van der Waals surface area contributed by atoms with Crippen molar-refractivity contribution in [1.29, 1.82) is 5.41 Å². The van der Waals surface area contributed by atoms with Gasteiger partial charge in [-0.25, -0.2) is 13.0 Å². The van der Waals surface area contributed by atoms with Crippen LogP contribution >= 0.6 is 11.8 Å². The molecule has 1 heterocycles. The van der Waals surface area contributed by atoms with E-state index >= 15 is 0 Å². The van der Waals surface area contributed by atoms with Crippen LogP contribution in [0.2, 0.25) is 0 Å². The molecule has 1 aromatic rings. The maximum absolute atomic E-state index is 11.2. The molecule has 0 spiro atoms. The summed E-state index contributed by atoms with van der Waals surface area (Å²) in [4.78, 5) is 3.86. The Bertz CT molecular complexity index is 628. The maximum atomic E-state index is 11.2. The van der Waals surface area contributed by atoms with Crippen molar-refractivity contribution < 1.29 is 18.2 Å². The van der Waals surface area contributed by atoms with Crippen LogP contribution < -0.4 is 15.8 Å². The minimum absolute atomic E-state index is 0.0437. The smallest absolute Gasteiger partial charge is 0.232 e. The van der Waals surface area contributed by atoms with Gasteiger partial charge in [0.1, 0.15) is 5.84 Å². The maximum Gasteiger partial charge on any atom is 0.232 e. The van der Waals surface area contributed by atoms with Gasteiger partial charge in [0.05, 0.1) is 19.4 Å². The molecule has 0 saturated heterocycles. The number of thioether (sulfide) groups is 1. The van der Waals surface area contributed by atoms with Crippen LogP contribution in [0.1, 0.15) is 5.69 Å². The number of nitrogens with zero attached hydrogens (tertiary/aromatic N) is 3. The monoisotopic (exact) mass is 351 g/mol. The second kappa shape index (κ2) is 8.55. The van der Waals surface area contributed by atoms with E-state index in [4.69, 9.17) is 16.2 Å². The first-order valence-corrected chi connectivity index (χ1v) is 8.88. The number of guanidine groups is 1. The first-order chi connectivity index (χ1) is 10.3. The highest BCUT2D eigenvalue weighted by molar-refractivity contribution is 7.99. The largest absolute Gasteiger partial charge is 0.394 e. The zero-order valence-electron chi connectivity index (χ0n) is 11.7. The van der Waals surface area contributed by atoms with Crippen molar-refractivity contribution >= 4 is 33.6 Å². The molecule has 0 radical (unpaired) electrons. The third-order valence-electron chi connectivity index (χ3n) is 2.00. The standard InChI is InChI=1S/C9H17N7O4S2/c1-22(18,19)16-9(12-2-4-17)13-3-5-21-8-6(7(10)11)14-20-15-8/h17H,2-5H2,1H3,(H3,10,11)(H2,12,13,16). The summed E-state index contributed by atoms with van der Waals surface area (Å²) in [6.45, 7) is 0.222. The molecule has 0 unspecified atom stereocenters. The summed E-state index contributed by atoms with van der Waals surface area (Å²) < 4.78 is 29.1. The first kappa shape index (κ1) is 18.2. The Balaban J connectivity index is 2.49. The number of sulfonamides is 1. The zero-order chi connectivity index (χ0) is 16.6. The number of aliphatic imine (C=N–C) groups is 1. The number of hydrogen-bond donors (Lipinski definition) is 5. The average molecular weight is 351 g/mol. The topological polar surface area (TPSA) is 180 Å². The molecule has 22 heavy (non-hydrogen) atoms. The third kappa shape index (κ3) is 6.73. The van der Waals surface area contributed by atoms with E-state index < -0.39 is 10.0 Å². The molecule has 0 aliphatic rings. The molecule has 0 aliphatic heterocycles. The molecule has 1 aromatic heterocycles. The van der Waals surface area contributed by atoms with Crippen LogP contribution in [0.4, 0.5) is 0 Å². The van der Waals surface area contributed by atoms with Gasteiger partial charge in [-0.2, -0.15) is 0 Å². The fraction of sp³-hybridized carbons (Fsp3) is 0.556. The Kier molecular flexibility index (Phi) is 7.07. The van der Waals surface area contributed by atoms with Crippen LogP contribution in [0.25, 0.3) is 0 Å². The number of aromatic nitrogens is 2. The number of hydrogen-bond acceptors (Lipinski definition) is 9. The molecule has 11 nitrogen and oxygen atoms in total. The minimum atomic E-state index is -3.47. The molecule has 124 valence electrons. The van der Waals surface area contributed by atoms with Crippen molar-refractivity contribution in [3.8, 4) is 0 Å². The average Bonchev–Trinajstić information content (AvgIpc) is 2.87. The predicted molar refractivity (Wildman–Crippen MR) is 81.4 cm³/mol. The molecule has 0 aliphatic carbocycles. The van der Waals surface area contributed by atoms with E-state index in [-0.39, 0.29) is 30.6 Å². The fourth-order valence-electron chi connectivity index (χ4n) is 1.22. The summed E-state index contributed by atoms with van der Waals surface area (Å²) in [5.41, 5.74) is 5.47. The van der Waals surface area contributed by atoms with Crippen molar-refractivity contribution in [3.63, 3.8) is 0 Å². The lowest BCUT2D eigenvalue weighted by Gasteiger charge is -2.10. The van der Waals surface area contributed by atoms with Gasteiger partial charge in [-0.3, -0.25) is 15.1 Å². The van der Waals surface area contributed by atoms with Crippen LogP contribution in [0, 0.1) is 5.41 Å². The number of nitrogen functional groups attached to an aromatic ring is 1. The van der Waals surface area contributed by atoms with Crippen LogP contribution in [-0.4, -0.2) is 67.3 Å². The number of aliphatic hydroxyl groups excluding tert-OH is 1. The van der Waals surface area contributed by atoms with Crippen molar-refractivity contribution in [2.24, 2.45) is 10.7 Å². The van der Waals surface area contributed by atoms with Crippen molar-refractivity contribution in [1.82, 2.24) is 20.4 Å². The van der Waals surface area contributed by atoms with Gasteiger partial charge in [0, 0.05) is 12.3 Å². The highest BCUT2D eigenvalue weighted by Crippen LogP contribution is 2.17. The normalized spacial score (nSPS) is 12.2. The third-order valence-corrected chi connectivity index (χ3v) is 3.51. The fourth-order valence-corrected chi connectivity index (χ4v) is 2.47. The highest BCUT2D eigenvalue weighted by Gasteiger charge is 2.13. The zero-order valence-corrected chi connectivity index (χ0v) is 13.4. The molecule has 0 bridgehead atoms. The number of nitrogens with two attached hydrogens (primary N) is 1. The van der Waals surface area contributed by atoms with Gasteiger partial charge in [-0.1, -0.05) is 11.8 Å². The number of nitrogens with one attached hydrogen (secondary N) is 3. The number of amidine groups is 1. The Morgan fingerprint density at radius 2 is 2.27 bits per heavy atom. The van der Waals surface area contributed by atoms with Crippen LogP contribution in [0.5, 0.6) is 0 Å². The Morgan fingerprint density at radius 3 is 2.86 bits per heavy atom. The SMILES string of the molecule is CS(=O)(=O)NC(=NCCO)NCCSc1nonc1C(=N)N. The lowest BCUT2D eigenvalue weighted by atomic mass is 10.4. The first-order valence-electron chi connectivity index (χ1n) is 6.00. The molecule has 0 atom stereocenters. The van der Waals surface area contributed by atoms with Gasteiger partial charge in [0.25, 0.3) is 0 Å². The lowest BCUT2D eigenvalue weighted by Crippen LogP contribution is -2.41. The van der Waals surface area contributed by atoms with Crippen LogP contribution in [0.3, 0.4) is 0 Å². The van der Waals surface area contributed by atoms with Gasteiger partial charge < -0.3 is 16.2 Å². The second-order valence-electron chi connectivity index (χ2n) is 3.94. The molecular formula is C9H17N7O4S2. The summed E-state index contributed by atoms with van der Waals surface area (Å²) in [6.07, 6.45) is 0.998. The summed E-state index contributed by atoms with van der Waals surface area (Å²) in [5.74, 6) is 0.265. The molecule has 0 saturated carbocycles. The Morgan fingerprint density at radius 1 is 1.55 bits per heavy atom. The summed E-state index contributed by atoms with van der Waals surface area (Å²) in [5, 5.41) is 26.3. The molecular weight excluding hydrogens is 334 g/mol. The Hall–Kier alpha value is -1.86. The summed E-state index contributed by atoms with van der Waals surface area (Å²) in [7, 11) is -3.47. The van der Waals surface area contributed by atoms with E-state index in [9.17, 15) is 8.42 Å². The van der Waals surface area contributed by atoms with Gasteiger partial charge in [-0.05, 0) is 10.3 Å². The van der Waals surface area contributed by atoms with E-state index in [0.717, 1.165) is 6.26 Å². The van der Waals surface area contributed by atoms with Gasteiger partial charge in [0.2, 0.25) is 16.0 Å². The lowest BCUT2D eigenvalue weighted by molar-refractivity contribution is 0.298. The molecule has 13 heteroatoms.